The van der Waals surface area contributed by atoms with E-state index >= 15 is 0 Å². The van der Waals surface area contributed by atoms with Gasteiger partial charge in [-0.25, -0.2) is 0 Å². The summed E-state index contributed by atoms with van der Waals surface area (Å²) in [6.45, 7) is 0. The van der Waals surface area contributed by atoms with Gasteiger partial charge in [0.05, 0.1) is 11.6 Å². The van der Waals surface area contributed by atoms with Gasteiger partial charge in [-0.05, 0) is 24.3 Å². The van der Waals surface area contributed by atoms with Crippen molar-refractivity contribution in [2.24, 2.45) is 0 Å². The highest BCUT2D eigenvalue weighted by Gasteiger charge is 2.06. The second-order valence-corrected chi connectivity index (χ2v) is 4.03. The van der Waals surface area contributed by atoms with Crippen LogP contribution in [0.4, 0.5) is 23.5 Å². The van der Waals surface area contributed by atoms with E-state index in [0.717, 1.165) is 5.69 Å². The maximum atomic E-state index is 8.73. The van der Waals surface area contributed by atoms with Gasteiger partial charge in [0.25, 0.3) is 0 Å². The zero-order valence-corrected chi connectivity index (χ0v) is 10.6. The molecule has 1 heterocycles. The maximum absolute atomic E-state index is 8.73. The summed E-state index contributed by atoms with van der Waals surface area (Å²) in [6, 6.07) is 9.02. The number of nitriles is 1. The Morgan fingerprint density at radius 2 is 1.84 bits per heavy atom. The minimum absolute atomic E-state index is 0.148. The fraction of sp³-hybridized carbons (Fsp3) is 0.167. The number of nitrogen functional groups attached to an aromatic ring is 1. The van der Waals surface area contributed by atoms with Crippen LogP contribution in [0.25, 0.3) is 0 Å². The van der Waals surface area contributed by atoms with E-state index in [1.807, 2.05) is 14.1 Å². The van der Waals surface area contributed by atoms with E-state index in [1.165, 1.54) is 0 Å². The topological polar surface area (TPSA) is 104 Å². The quantitative estimate of drug-likeness (QED) is 0.847. The van der Waals surface area contributed by atoms with Gasteiger partial charge in [0.15, 0.2) is 0 Å². The molecule has 19 heavy (non-hydrogen) atoms. The summed E-state index contributed by atoms with van der Waals surface area (Å²) >= 11 is 0. The van der Waals surface area contributed by atoms with Crippen molar-refractivity contribution in [1.82, 2.24) is 15.0 Å². The number of nitrogens with zero attached hydrogens (tertiary/aromatic N) is 5. The number of benzene rings is 1. The lowest BCUT2D eigenvalue weighted by Crippen LogP contribution is -2.15. The molecule has 2 aromatic rings. The van der Waals surface area contributed by atoms with Crippen LogP contribution in [-0.2, 0) is 0 Å². The van der Waals surface area contributed by atoms with E-state index < -0.39 is 0 Å². The molecule has 0 saturated heterocycles. The summed E-state index contributed by atoms with van der Waals surface area (Å²) in [4.78, 5) is 14.0. The highest BCUT2D eigenvalue weighted by atomic mass is 15.3. The Morgan fingerprint density at radius 3 is 2.42 bits per heavy atom. The molecule has 0 bridgehead atoms. The van der Waals surface area contributed by atoms with Gasteiger partial charge in [-0.15, -0.1) is 0 Å². The van der Waals surface area contributed by atoms with Crippen LogP contribution in [0.1, 0.15) is 5.56 Å². The van der Waals surface area contributed by atoms with E-state index in [4.69, 9.17) is 11.0 Å². The molecule has 1 aromatic carbocycles. The predicted octanol–water partition coefficient (Wildman–Crippen LogP) is 1.14. The van der Waals surface area contributed by atoms with Crippen molar-refractivity contribution >= 4 is 23.5 Å². The zero-order valence-electron chi connectivity index (χ0n) is 10.6. The van der Waals surface area contributed by atoms with Crippen molar-refractivity contribution in [1.29, 1.82) is 5.26 Å². The third-order valence-corrected chi connectivity index (χ3v) is 2.31. The Hall–Kier alpha value is -2.88. The molecule has 0 amide bonds. The molecule has 0 unspecified atom stereocenters. The van der Waals surface area contributed by atoms with Crippen molar-refractivity contribution in [2.45, 2.75) is 0 Å². The molecule has 7 nitrogen and oxygen atoms in total. The predicted molar refractivity (Wildman–Crippen MR) is 73.0 cm³/mol. The number of rotatable bonds is 3. The van der Waals surface area contributed by atoms with E-state index in [0.29, 0.717) is 17.5 Å². The first-order chi connectivity index (χ1) is 9.08. The third kappa shape index (κ3) is 3.07. The number of hydrogen-bond acceptors (Lipinski definition) is 7. The first-order valence-corrected chi connectivity index (χ1v) is 5.54. The molecule has 0 atom stereocenters. The molecular weight excluding hydrogens is 242 g/mol. The first-order valence-electron chi connectivity index (χ1n) is 5.54. The number of nitrogens with two attached hydrogens (primary N) is 1. The SMILES string of the molecule is CN(C)c1nc(N)nc(Nc2ccc(C#N)cc2)n1. The van der Waals surface area contributed by atoms with Gasteiger partial charge in [-0.3, -0.25) is 0 Å². The van der Waals surface area contributed by atoms with Crippen LogP contribution in [0.15, 0.2) is 24.3 Å². The lowest BCUT2D eigenvalue weighted by Gasteiger charge is -2.12. The molecule has 96 valence electrons. The van der Waals surface area contributed by atoms with E-state index in [1.54, 1.807) is 29.2 Å². The molecule has 0 aliphatic heterocycles. The maximum Gasteiger partial charge on any atom is 0.233 e. The van der Waals surface area contributed by atoms with E-state index in [9.17, 15) is 0 Å². The van der Waals surface area contributed by atoms with Crippen LogP contribution in [0.5, 0.6) is 0 Å². The molecule has 2 rings (SSSR count). The average molecular weight is 255 g/mol. The van der Waals surface area contributed by atoms with Crippen LogP contribution in [-0.4, -0.2) is 29.0 Å². The highest BCUT2D eigenvalue weighted by Crippen LogP contribution is 2.16. The van der Waals surface area contributed by atoms with Gasteiger partial charge in [-0.2, -0.15) is 20.2 Å². The minimum atomic E-state index is 0.148. The molecule has 0 saturated carbocycles. The molecule has 0 fully saturated rings. The van der Waals surface area contributed by atoms with E-state index in [-0.39, 0.29) is 5.95 Å². The second kappa shape index (κ2) is 5.18. The summed E-state index contributed by atoms with van der Waals surface area (Å²) in [5.74, 6) is 0.986. The molecule has 3 N–H and O–H groups in total. The summed E-state index contributed by atoms with van der Waals surface area (Å²) in [6.07, 6.45) is 0. The highest BCUT2D eigenvalue weighted by molar-refractivity contribution is 5.56. The molecule has 7 heteroatoms. The first kappa shape index (κ1) is 12.6. The Morgan fingerprint density at radius 1 is 1.16 bits per heavy atom. The fourth-order valence-corrected chi connectivity index (χ4v) is 1.39. The van der Waals surface area contributed by atoms with Crippen molar-refractivity contribution in [2.75, 3.05) is 30.0 Å². The van der Waals surface area contributed by atoms with Crippen molar-refractivity contribution in [3.8, 4) is 6.07 Å². The molecule has 0 spiro atoms. The summed E-state index contributed by atoms with van der Waals surface area (Å²) in [5, 5.41) is 11.7. The van der Waals surface area contributed by atoms with Crippen LogP contribution in [0.2, 0.25) is 0 Å². The summed E-state index contributed by atoms with van der Waals surface area (Å²) < 4.78 is 0. The van der Waals surface area contributed by atoms with Crippen molar-refractivity contribution in [3.63, 3.8) is 0 Å². The monoisotopic (exact) mass is 255 g/mol. The third-order valence-electron chi connectivity index (χ3n) is 2.31. The Bertz CT molecular complexity index is 613. The molecule has 0 radical (unpaired) electrons. The van der Waals surface area contributed by atoms with Gasteiger partial charge < -0.3 is 16.0 Å². The smallest absolute Gasteiger partial charge is 0.233 e. The standard InChI is InChI=1S/C12H13N7/c1-19(2)12-17-10(14)16-11(18-12)15-9-5-3-8(7-13)4-6-9/h3-6H,1-2H3,(H3,14,15,16,17,18). The van der Waals surface area contributed by atoms with Gasteiger partial charge >= 0.3 is 0 Å². The fourth-order valence-electron chi connectivity index (χ4n) is 1.39. The van der Waals surface area contributed by atoms with Crippen molar-refractivity contribution in [3.05, 3.63) is 29.8 Å². The molecular formula is C12H13N7. The van der Waals surface area contributed by atoms with Gasteiger partial charge in [0.2, 0.25) is 17.8 Å². The van der Waals surface area contributed by atoms with Gasteiger partial charge in [-0.1, -0.05) is 0 Å². The van der Waals surface area contributed by atoms with Gasteiger partial charge in [0, 0.05) is 19.8 Å². The van der Waals surface area contributed by atoms with Crippen LogP contribution in [0, 0.1) is 11.3 Å². The normalized spacial score (nSPS) is 9.74. The lowest BCUT2D eigenvalue weighted by molar-refractivity contribution is 0.969. The summed E-state index contributed by atoms with van der Waals surface area (Å²) in [5.41, 5.74) is 6.99. The molecule has 0 aliphatic carbocycles. The number of aromatic nitrogens is 3. The zero-order chi connectivity index (χ0) is 13.8. The number of anilines is 4. The molecule has 0 aliphatic rings. The number of nitrogens with one attached hydrogen (secondary N) is 1. The molecule has 1 aromatic heterocycles. The Balaban J connectivity index is 2.25. The van der Waals surface area contributed by atoms with Crippen molar-refractivity contribution < 1.29 is 0 Å². The van der Waals surface area contributed by atoms with E-state index in [2.05, 4.69) is 26.3 Å². The minimum Gasteiger partial charge on any atom is -0.368 e. The second-order valence-electron chi connectivity index (χ2n) is 4.03. The Labute approximate surface area is 110 Å². The van der Waals surface area contributed by atoms with Crippen LogP contribution < -0.4 is 16.0 Å². The Kier molecular flexibility index (Phi) is 3.43. The number of hydrogen-bond donors (Lipinski definition) is 2. The largest absolute Gasteiger partial charge is 0.368 e. The van der Waals surface area contributed by atoms with Gasteiger partial charge in [0.1, 0.15) is 0 Å². The lowest BCUT2D eigenvalue weighted by atomic mass is 10.2. The van der Waals surface area contributed by atoms with Crippen LogP contribution >= 0.6 is 0 Å². The average Bonchev–Trinajstić information content (AvgIpc) is 2.39. The summed E-state index contributed by atoms with van der Waals surface area (Å²) in [7, 11) is 3.64. The van der Waals surface area contributed by atoms with Crippen LogP contribution in [0.3, 0.4) is 0 Å².